The van der Waals surface area contributed by atoms with Gasteiger partial charge in [-0.1, -0.05) is 6.07 Å². The minimum absolute atomic E-state index is 0.0248. The molecule has 20 heavy (non-hydrogen) atoms. The Labute approximate surface area is 115 Å². The normalized spacial score (nSPS) is 10.9. The van der Waals surface area contributed by atoms with Crippen LogP contribution in [0.15, 0.2) is 29.4 Å². The van der Waals surface area contributed by atoms with Crippen LogP contribution in [0.5, 0.6) is 11.5 Å². The second kappa shape index (κ2) is 5.43. The van der Waals surface area contributed by atoms with E-state index in [4.69, 9.17) is 10.5 Å². The van der Waals surface area contributed by atoms with Gasteiger partial charge in [0, 0.05) is 18.8 Å². The number of rotatable bonds is 4. The van der Waals surface area contributed by atoms with E-state index in [-0.39, 0.29) is 11.4 Å². The minimum Gasteiger partial charge on any atom is -0.504 e. The molecule has 1 heterocycles. The molecule has 0 saturated carbocycles. The number of methoxy groups -OCH3 is 1. The van der Waals surface area contributed by atoms with Crippen molar-refractivity contribution in [2.45, 2.75) is 0 Å². The van der Waals surface area contributed by atoms with Gasteiger partial charge in [-0.2, -0.15) is 5.10 Å². The highest BCUT2D eigenvalue weighted by Crippen LogP contribution is 2.28. The van der Waals surface area contributed by atoms with E-state index in [9.17, 15) is 9.90 Å². The van der Waals surface area contributed by atoms with Crippen LogP contribution in [0.4, 0.5) is 5.69 Å². The molecule has 0 atom stereocenters. The molecule has 0 aliphatic heterocycles. The summed E-state index contributed by atoms with van der Waals surface area (Å²) in [6, 6.07) is 5.02. The second-order valence-electron chi connectivity index (χ2n) is 4.02. The number of amides is 1. The summed E-state index contributed by atoms with van der Waals surface area (Å²) in [6.45, 7) is 0. The molecule has 0 radical (unpaired) electrons. The number of aliphatic imine (C=N–C) groups is 1. The van der Waals surface area contributed by atoms with Gasteiger partial charge in [-0.15, -0.1) is 0 Å². The van der Waals surface area contributed by atoms with E-state index >= 15 is 0 Å². The van der Waals surface area contributed by atoms with Crippen molar-refractivity contribution in [3.8, 4) is 11.5 Å². The maximum atomic E-state index is 11.3. The van der Waals surface area contributed by atoms with Crippen LogP contribution in [0.3, 0.4) is 0 Å². The summed E-state index contributed by atoms with van der Waals surface area (Å²) in [5.74, 6) is -0.300. The molecule has 3 N–H and O–H groups in total. The van der Waals surface area contributed by atoms with E-state index in [1.807, 2.05) is 0 Å². The van der Waals surface area contributed by atoms with Gasteiger partial charge in [0.1, 0.15) is 5.69 Å². The highest BCUT2D eigenvalue weighted by Gasteiger charge is 2.13. The zero-order valence-corrected chi connectivity index (χ0v) is 11.1. The van der Waals surface area contributed by atoms with Crippen molar-refractivity contribution < 1.29 is 14.6 Å². The topological polar surface area (TPSA) is 103 Å². The number of ether oxygens (including phenoxy) is 1. The number of para-hydroxylation sites is 1. The quantitative estimate of drug-likeness (QED) is 0.811. The van der Waals surface area contributed by atoms with Crippen LogP contribution in [-0.2, 0) is 7.05 Å². The van der Waals surface area contributed by atoms with E-state index in [2.05, 4.69) is 10.1 Å². The fourth-order valence-corrected chi connectivity index (χ4v) is 1.75. The lowest BCUT2D eigenvalue weighted by atomic mass is 10.2. The maximum Gasteiger partial charge on any atom is 0.269 e. The van der Waals surface area contributed by atoms with E-state index in [0.717, 1.165) is 0 Å². The number of phenols is 1. The highest BCUT2D eigenvalue weighted by molar-refractivity contribution is 5.97. The zero-order valence-electron chi connectivity index (χ0n) is 11.1. The Morgan fingerprint density at radius 1 is 1.55 bits per heavy atom. The Morgan fingerprint density at radius 3 is 2.95 bits per heavy atom. The molecular formula is C13H14N4O3. The summed E-state index contributed by atoms with van der Waals surface area (Å²) in [7, 11) is 3.06. The van der Waals surface area contributed by atoms with Crippen molar-refractivity contribution in [3.05, 3.63) is 35.7 Å². The highest BCUT2D eigenvalue weighted by atomic mass is 16.5. The van der Waals surface area contributed by atoms with Gasteiger partial charge in [-0.05, 0) is 12.1 Å². The average Bonchev–Trinajstić information content (AvgIpc) is 2.79. The number of aryl methyl sites for hydroxylation is 1. The van der Waals surface area contributed by atoms with E-state index in [1.165, 1.54) is 24.2 Å². The standard InChI is InChI=1S/C13H14N4O3/c1-17-11(13(14)19)9(7-16-17)15-6-8-4-3-5-10(20-2)12(8)18/h3-7,18H,1-2H3,(H2,14,19)/b15-6+. The van der Waals surface area contributed by atoms with Crippen LogP contribution in [0.2, 0.25) is 0 Å². The van der Waals surface area contributed by atoms with Crippen molar-refractivity contribution in [1.29, 1.82) is 0 Å². The molecular weight excluding hydrogens is 260 g/mol. The number of aromatic hydroxyl groups is 1. The molecule has 7 heteroatoms. The summed E-state index contributed by atoms with van der Waals surface area (Å²) in [5.41, 5.74) is 6.26. The summed E-state index contributed by atoms with van der Waals surface area (Å²) >= 11 is 0. The molecule has 0 aliphatic carbocycles. The predicted octanol–water partition coefficient (Wildman–Crippen LogP) is 0.984. The number of carbonyl (C=O) groups is 1. The summed E-state index contributed by atoms with van der Waals surface area (Å²) in [5, 5.41) is 13.8. The van der Waals surface area contributed by atoms with Gasteiger partial charge in [0.25, 0.3) is 5.91 Å². The van der Waals surface area contributed by atoms with Crippen molar-refractivity contribution in [2.24, 2.45) is 17.8 Å². The number of nitrogens with zero attached hydrogens (tertiary/aromatic N) is 3. The fourth-order valence-electron chi connectivity index (χ4n) is 1.75. The van der Waals surface area contributed by atoms with Gasteiger partial charge in [0.2, 0.25) is 0 Å². The first-order valence-corrected chi connectivity index (χ1v) is 5.76. The largest absolute Gasteiger partial charge is 0.504 e. The Balaban J connectivity index is 2.38. The number of hydrogen-bond donors (Lipinski definition) is 2. The average molecular weight is 274 g/mol. The first-order chi connectivity index (χ1) is 9.54. The fraction of sp³-hybridized carbons (Fsp3) is 0.154. The van der Waals surface area contributed by atoms with Gasteiger partial charge < -0.3 is 15.6 Å². The summed E-state index contributed by atoms with van der Waals surface area (Å²) in [6.07, 6.45) is 2.84. The summed E-state index contributed by atoms with van der Waals surface area (Å²) < 4.78 is 6.35. The SMILES string of the molecule is COc1cccc(/C=N/c2cnn(C)c2C(N)=O)c1O. The van der Waals surface area contributed by atoms with Crippen LogP contribution in [-0.4, -0.2) is 34.1 Å². The molecule has 2 rings (SSSR count). The van der Waals surface area contributed by atoms with Gasteiger partial charge in [-0.3, -0.25) is 14.5 Å². The maximum absolute atomic E-state index is 11.3. The smallest absolute Gasteiger partial charge is 0.269 e. The molecule has 2 aromatic rings. The van der Waals surface area contributed by atoms with Gasteiger partial charge >= 0.3 is 0 Å². The molecule has 0 saturated heterocycles. The third kappa shape index (κ3) is 2.46. The number of aromatic nitrogens is 2. The number of carbonyl (C=O) groups excluding carboxylic acids is 1. The predicted molar refractivity (Wildman–Crippen MR) is 73.6 cm³/mol. The molecule has 1 aromatic heterocycles. The van der Waals surface area contributed by atoms with Crippen molar-refractivity contribution in [2.75, 3.05) is 7.11 Å². The van der Waals surface area contributed by atoms with E-state index in [1.54, 1.807) is 25.2 Å². The number of primary amides is 1. The molecule has 0 spiro atoms. The molecule has 0 bridgehead atoms. The number of nitrogens with two attached hydrogens (primary N) is 1. The van der Waals surface area contributed by atoms with Gasteiger partial charge in [-0.25, -0.2) is 0 Å². The van der Waals surface area contributed by atoms with Crippen molar-refractivity contribution >= 4 is 17.8 Å². The lowest BCUT2D eigenvalue weighted by Crippen LogP contribution is -2.15. The molecule has 7 nitrogen and oxygen atoms in total. The lowest BCUT2D eigenvalue weighted by Gasteiger charge is -2.04. The Bertz CT molecular complexity index is 676. The monoisotopic (exact) mass is 274 g/mol. The Kier molecular flexibility index (Phi) is 3.69. The molecule has 0 aliphatic rings. The van der Waals surface area contributed by atoms with Crippen LogP contribution >= 0.6 is 0 Å². The van der Waals surface area contributed by atoms with Gasteiger partial charge in [0.05, 0.1) is 13.3 Å². The first-order valence-electron chi connectivity index (χ1n) is 5.76. The second-order valence-corrected chi connectivity index (χ2v) is 4.02. The third-order valence-electron chi connectivity index (χ3n) is 2.75. The minimum atomic E-state index is -0.619. The Hall–Kier alpha value is -2.83. The third-order valence-corrected chi connectivity index (χ3v) is 2.75. The van der Waals surface area contributed by atoms with Crippen LogP contribution in [0.25, 0.3) is 0 Å². The molecule has 104 valence electrons. The number of hydrogen-bond acceptors (Lipinski definition) is 5. The zero-order chi connectivity index (χ0) is 14.7. The number of benzene rings is 1. The van der Waals surface area contributed by atoms with Gasteiger partial charge in [0.15, 0.2) is 17.2 Å². The molecule has 0 unspecified atom stereocenters. The van der Waals surface area contributed by atoms with Crippen LogP contribution < -0.4 is 10.5 Å². The van der Waals surface area contributed by atoms with Crippen LogP contribution in [0, 0.1) is 0 Å². The Morgan fingerprint density at radius 2 is 2.30 bits per heavy atom. The number of phenolic OH excluding ortho intramolecular Hbond substituents is 1. The first kappa shape index (κ1) is 13.6. The molecule has 1 amide bonds. The van der Waals surface area contributed by atoms with Crippen molar-refractivity contribution in [3.63, 3.8) is 0 Å². The summed E-state index contributed by atoms with van der Waals surface area (Å²) in [4.78, 5) is 15.4. The van der Waals surface area contributed by atoms with Crippen LogP contribution in [0.1, 0.15) is 16.1 Å². The molecule has 0 fully saturated rings. The van der Waals surface area contributed by atoms with E-state index in [0.29, 0.717) is 17.0 Å². The van der Waals surface area contributed by atoms with Crippen molar-refractivity contribution in [1.82, 2.24) is 9.78 Å². The lowest BCUT2D eigenvalue weighted by molar-refractivity contribution is 0.0992. The van der Waals surface area contributed by atoms with E-state index < -0.39 is 5.91 Å². The molecule has 1 aromatic carbocycles.